The highest BCUT2D eigenvalue weighted by Gasteiger charge is 2.27. The Balaban J connectivity index is 1.62. The van der Waals surface area contributed by atoms with Crippen molar-refractivity contribution in [2.24, 2.45) is 0 Å². The molecule has 33 heavy (non-hydrogen) atoms. The van der Waals surface area contributed by atoms with Crippen LogP contribution in [0.1, 0.15) is 21.7 Å². The number of pyridine rings is 1. The number of fused-ring (bicyclic) bond motifs is 1. The number of H-pyrrole nitrogens is 1. The first kappa shape index (κ1) is 24.2. The smallest absolute Gasteiger partial charge is 0.314 e. The minimum atomic E-state index is -1.07. The molecule has 1 unspecified atom stereocenters. The molecule has 1 atom stereocenters. The highest BCUT2D eigenvalue weighted by atomic mass is 35.5. The van der Waals surface area contributed by atoms with Crippen LogP contribution in [0.3, 0.4) is 0 Å². The van der Waals surface area contributed by atoms with Crippen molar-refractivity contribution in [1.29, 1.82) is 0 Å². The molecule has 0 bridgehead atoms. The third-order valence-corrected chi connectivity index (χ3v) is 5.33. The predicted molar refractivity (Wildman–Crippen MR) is 122 cm³/mol. The van der Waals surface area contributed by atoms with Gasteiger partial charge < -0.3 is 30.7 Å². The quantitative estimate of drug-likeness (QED) is 0.433. The van der Waals surface area contributed by atoms with Crippen molar-refractivity contribution in [3.63, 3.8) is 0 Å². The second-order valence-corrected chi connectivity index (χ2v) is 8.40. The lowest BCUT2D eigenvalue weighted by Crippen LogP contribution is -2.53. The van der Waals surface area contributed by atoms with Crippen molar-refractivity contribution in [1.82, 2.24) is 30.4 Å². The fraction of sp³-hybridized carbons (Fsp3) is 0.381. The van der Waals surface area contributed by atoms with Crippen molar-refractivity contribution in [3.05, 3.63) is 46.4 Å². The van der Waals surface area contributed by atoms with E-state index in [0.717, 1.165) is 30.8 Å². The van der Waals surface area contributed by atoms with Crippen LogP contribution in [0.4, 0.5) is 5.82 Å². The van der Waals surface area contributed by atoms with Gasteiger partial charge in [0.2, 0.25) is 5.91 Å². The number of aromatic amines is 1. The Kier molecular flexibility index (Phi) is 7.67. The number of carbonyl (C=O) groups excluding carboxylic acids is 4. The van der Waals surface area contributed by atoms with Crippen LogP contribution in [0.2, 0.25) is 5.02 Å². The van der Waals surface area contributed by atoms with Gasteiger partial charge in [-0.1, -0.05) is 11.6 Å². The van der Waals surface area contributed by atoms with Crippen LogP contribution in [0, 0.1) is 0 Å². The van der Waals surface area contributed by atoms with E-state index in [4.69, 9.17) is 11.6 Å². The number of nitrogens with one attached hydrogen (secondary N) is 4. The molecule has 1 aliphatic rings. The van der Waals surface area contributed by atoms with Crippen LogP contribution >= 0.6 is 11.6 Å². The monoisotopic (exact) mass is 475 g/mol. The zero-order chi connectivity index (χ0) is 24.1. The van der Waals surface area contributed by atoms with Crippen LogP contribution in [0.5, 0.6) is 0 Å². The lowest BCUT2D eigenvalue weighted by atomic mass is 10.1. The van der Waals surface area contributed by atoms with Crippen LogP contribution in [0.25, 0.3) is 0 Å². The van der Waals surface area contributed by atoms with E-state index in [9.17, 15) is 19.2 Å². The lowest BCUT2D eigenvalue weighted by molar-refractivity contribution is -0.136. The van der Waals surface area contributed by atoms with Gasteiger partial charge in [0.05, 0.1) is 5.02 Å². The third-order valence-electron chi connectivity index (χ3n) is 5.11. The molecular weight excluding hydrogens is 450 g/mol. The molecule has 0 aromatic carbocycles. The maximum absolute atomic E-state index is 12.8. The van der Waals surface area contributed by atoms with E-state index in [1.165, 1.54) is 37.3 Å². The number of carbonyl (C=O) groups is 4. The molecule has 4 amide bonds. The Morgan fingerprint density at radius 1 is 1.24 bits per heavy atom. The Labute approximate surface area is 195 Å². The average Bonchev–Trinajstić information content (AvgIpc) is 3.20. The maximum Gasteiger partial charge on any atom is 0.314 e. The summed E-state index contributed by atoms with van der Waals surface area (Å²) in [5.74, 6) is -2.70. The third kappa shape index (κ3) is 6.30. The largest absolute Gasteiger partial charge is 0.354 e. The number of hydrogen-bond donors (Lipinski definition) is 4. The Morgan fingerprint density at radius 2 is 2.00 bits per heavy atom. The number of hydrogen-bond acceptors (Lipinski definition) is 6. The molecule has 0 fully saturated rings. The number of rotatable bonds is 6. The van der Waals surface area contributed by atoms with Gasteiger partial charge in [0.15, 0.2) is 0 Å². The molecule has 2 aromatic rings. The summed E-state index contributed by atoms with van der Waals surface area (Å²) >= 11 is 5.74. The van der Waals surface area contributed by atoms with Crippen LogP contribution < -0.4 is 16.0 Å². The zero-order valence-electron chi connectivity index (χ0n) is 18.6. The predicted octanol–water partition coefficient (Wildman–Crippen LogP) is -0.00750. The minimum absolute atomic E-state index is 0.148. The molecule has 1 aliphatic heterocycles. The first-order valence-electron chi connectivity index (χ1n) is 10.3. The Morgan fingerprint density at radius 3 is 2.67 bits per heavy atom. The van der Waals surface area contributed by atoms with Crippen molar-refractivity contribution >= 4 is 41.0 Å². The van der Waals surface area contributed by atoms with E-state index < -0.39 is 29.7 Å². The normalized spacial score (nSPS) is 14.1. The van der Waals surface area contributed by atoms with Gasteiger partial charge in [-0.15, -0.1) is 0 Å². The Hall–Kier alpha value is -3.44. The molecular formula is C21H26ClN7O4. The Bertz CT molecular complexity index is 1050. The van der Waals surface area contributed by atoms with Crippen molar-refractivity contribution < 1.29 is 19.2 Å². The fourth-order valence-corrected chi connectivity index (χ4v) is 3.46. The fourth-order valence-electron chi connectivity index (χ4n) is 3.34. The highest BCUT2D eigenvalue weighted by Crippen LogP contribution is 2.18. The van der Waals surface area contributed by atoms with Crippen molar-refractivity contribution in [3.8, 4) is 0 Å². The summed E-state index contributed by atoms with van der Waals surface area (Å²) in [7, 11) is 5.07. The second-order valence-electron chi connectivity index (χ2n) is 7.96. The first-order chi connectivity index (χ1) is 15.6. The topological polar surface area (TPSA) is 140 Å². The molecule has 0 saturated carbocycles. The van der Waals surface area contributed by atoms with E-state index in [1.54, 1.807) is 6.07 Å². The van der Waals surface area contributed by atoms with Crippen molar-refractivity contribution in [2.75, 3.05) is 39.5 Å². The van der Waals surface area contributed by atoms with Crippen molar-refractivity contribution in [2.45, 2.75) is 19.0 Å². The zero-order valence-corrected chi connectivity index (χ0v) is 19.3. The van der Waals surface area contributed by atoms with Gasteiger partial charge >= 0.3 is 11.8 Å². The van der Waals surface area contributed by atoms with Gasteiger partial charge in [-0.3, -0.25) is 19.2 Å². The van der Waals surface area contributed by atoms with Gasteiger partial charge in [0.25, 0.3) is 5.91 Å². The molecule has 4 N–H and O–H groups in total. The van der Waals surface area contributed by atoms with E-state index in [1.807, 2.05) is 7.05 Å². The van der Waals surface area contributed by atoms with Gasteiger partial charge in [0.1, 0.15) is 17.6 Å². The number of halogens is 1. The highest BCUT2D eigenvalue weighted by molar-refractivity contribution is 6.39. The maximum atomic E-state index is 12.8. The summed E-state index contributed by atoms with van der Waals surface area (Å²) < 4.78 is 0. The van der Waals surface area contributed by atoms with E-state index in [-0.39, 0.29) is 12.4 Å². The molecule has 0 radical (unpaired) electrons. The molecule has 2 aromatic heterocycles. The number of anilines is 1. The van der Waals surface area contributed by atoms with Gasteiger partial charge in [0, 0.05) is 52.0 Å². The summed E-state index contributed by atoms with van der Waals surface area (Å²) in [4.78, 5) is 60.1. The molecule has 0 aliphatic carbocycles. The number of nitrogens with zero attached hydrogens (tertiary/aromatic N) is 3. The van der Waals surface area contributed by atoms with Gasteiger partial charge in [-0.05, 0) is 30.8 Å². The standard InChI is InChI=1S/C21H26ClN7O4/c1-28(2)21(33)16(10-24-19(31)20(32)27-17-5-4-13(22)9-23-17)26-18(30)15-8-12-11-29(3)7-6-14(12)25-15/h4-5,8-9,16,25H,6-7,10-11H2,1-3H3,(H,24,31)(H,26,30)(H,23,27,32). The molecule has 3 heterocycles. The first-order valence-corrected chi connectivity index (χ1v) is 10.6. The number of amides is 4. The van der Waals surface area contributed by atoms with Crippen LogP contribution in [0.15, 0.2) is 24.4 Å². The summed E-state index contributed by atoms with van der Waals surface area (Å²) in [5.41, 5.74) is 2.37. The summed E-state index contributed by atoms with van der Waals surface area (Å²) in [6.07, 6.45) is 2.12. The number of aromatic nitrogens is 2. The SMILES string of the molecule is CN1CCc2[nH]c(C(=O)NC(CNC(=O)C(=O)Nc3ccc(Cl)cn3)C(=O)N(C)C)cc2C1. The van der Waals surface area contributed by atoms with E-state index in [2.05, 4.69) is 30.8 Å². The number of likely N-dealkylation sites (N-methyl/N-ethyl adjacent to an activating group) is 2. The van der Waals surface area contributed by atoms with Crippen LogP contribution in [-0.2, 0) is 27.3 Å². The average molecular weight is 476 g/mol. The molecule has 3 rings (SSSR count). The lowest BCUT2D eigenvalue weighted by Gasteiger charge is -2.21. The van der Waals surface area contributed by atoms with Gasteiger partial charge in [-0.25, -0.2) is 4.98 Å². The summed E-state index contributed by atoms with van der Waals surface area (Å²) in [6.45, 7) is 1.34. The molecule has 12 heteroatoms. The molecule has 11 nitrogen and oxygen atoms in total. The summed E-state index contributed by atoms with van der Waals surface area (Å²) in [6, 6.07) is 3.66. The summed E-state index contributed by atoms with van der Waals surface area (Å²) in [5, 5.41) is 7.73. The molecule has 176 valence electrons. The van der Waals surface area contributed by atoms with Gasteiger partial charge in [-0.2, -0.15) is 0 Å². The molecule has 0 saturated heterocycles. The minimum Gasteiger partial charge on any atom is -0.354 e. The molecule has 0 spiro atoms. The van der Waals surface area contributed by atoms with E-state index >= 15 is 0 Å². The van der Waals surface area contributed by atoms with Crippen LogP contribution in [-0.4, -0.2) is 83.7 Å². The van der Waals surface area contributed by atoms with E-state index in [0.29, 0.717) is 10.7 Å². The second kappa shape index (κ2) is 10.5.